The van der Waals surface area contributed by atoms with Crippen LogP contribution in [-0.2, 0) is 12.7 Å². The maximum atomic E-state index is 12.8. The van der Waals surface area contributed by atoms with Gasteiger partial charge in [0.25, 0.3) is 5.56 Å². The van der Waals surface area contributed by atoms with Crippen LogP contribution in [0.3, 0.4) is 0 Å². The lowest BCUT2D eigenvalue weighted by Gasteiger charge is -2.11. The molecule has 22 heavy (non-hydrogen) atoms. The van der Waals surface area contributed by atoms with Gasteiger partial charge in [0.15, 0.2) is 0 Å². The van der Waals surface area contributed by atoms with E-state index in [0.717, 1.165) is 16.0 Å². The van der Waals surface area contributed by atoms with Gasteiger partial charge in [0, 0.05) is 17.8 Å². The molecule has 2 aromatic heterocycles. The van der Waals surface area contributed by atoms with Crippen LogP contribution >= 0.6 is 0 Å². The van der Waals surface area contributed by atoms with Gasteiger partial charge in [-0.1, -0.05) is 24.3 Å². The lowest BCUT2D eigenvalue weighted by atomic mass is 10.1. The normalized spacial score (nSPS) is 11.8. The molecule has 112 valence electrons. The van der Waals surface area contributed by atoms with Crippen LogP contribution in [0.5, 0.6) is 0 Å². The highest BCUT2D eigenvalue weighted by Crippen LogP contribution is 2.26. The topological polar surface area (TPSA) is 34.9 Å². The zero-order valence-corrected chi connectivity index (χ0v) is 11.3. The monoisotopic (exact) mass is 304 g/mol. The minimum absolute atomic E-state index is 0.0388. The van der Waals surface area contributed by atoms with Crippen molar-refractivity contribution in [3.8, 4) is 0 Å². The van der Waals surface area contributed by atoms with Gasteiger partial charge in [0.1, 0.15) is 5.56 Å². The zero-order chi connectivity index (χ0) is 15.7. The van der Waals surface area contributed by atoms with Gasteiger partial charge in [-0.2, -0.15) is 13.2 Å². The Bertz CT molecular complexity index is 879. The molecule has 0 bridgehead atoms. The Balaban J connectivity index is 2.09. The van der Waals surface area contributed by atoms with Crippen LogP contribution in [0.25, 0.3) is 10.9 Å². The molecule has 0 radical (unpaired) electrons. The maximum Gasteiger partial charge on any atom is 0.421 e. The van der Waals surface area contributed by atoms with Crippen LogP contribution in [-0.4, -0.2) is 9.55 Å². The number of para-hydroxylation sites is 1. The molecule has 0 spiro atoms. The van der Waals surface area contributed by atoms with Crippen molar-refractivity contribution in [2.24, 2.45) is 0 Å². The van der Waals surface area contributed by atoms with E-state index in [0.29, 0.717) is 11.1 Å². The highest BCUT2D eigenvalue weighted by Gasteiger charge is 2.34. The van der Waals surface area contributed by atoms with E-state index in [9.17, 15) is 18.0 Å². The molecule has 3 aromatic rings. The van der Waals surface area contributed by atoms with Crippen LogP contribution in [0.1, 0.15) is 11.1 Å². The number of fused-ring (bicyclic) bond motifs is 1. The third kappa shape index (κ3) is 2.59. The van der Waals surface area contributed by atoms with Crippen molar-refractivity contribution >= 4 is 10.9 Å². The summed E-state index contributed by atoms with van der Waals surface area (Å²) < 4.78 is 39.4. The number of nitrogens with zero attached hydrogens (tertiary/aromatic N) is 2. The summed E-state index contributed by atoms with van der Waals surface area (Å²) >= 11 is 0. The predicted octanol–water partition coefficient (Wildman–Crippen LogP) is 3.46. The number of aromatic nitrogens is 2. The van der Waals surface area contributed by atoms with Crippen LogP contribution in [0.4, 0.5) is 13.2 Å². The van der Waals surface area contributed by atoms with Crippen molar-refractivity contribution in [1.29, 1.82) is 0 Å². The fourth-order valence-electron chi connectivity index (χ4n) is 2.36. The van der Waals surface area contributed by atoms with E-state index < -0.39 is 17.3 Å². The van der Waals surface area contributed by atoms with Crippen molar-refractivity contribution < 1.29 is 13.2 Å². The molecule has 0 aliphatic carbocycles. The second-order valence-electron chi connectivity index (χ2n) is 4.84. The Hall–Kier alpha value is -2.63. The standard InChI is InChI=1S/C16H11F3N2O/c17-16(18,19)13-7-3-9-21(15(13)22)10-12-5-1-4-11-6-2-8-20-14(11)12/h1-9H,10H2. The molecule has 0 aliphatic rings. The summed E-state index contributed by atoms with van der Waals surface area (Å²) in [6.07, 6.45) is -1.70. The average Bonchev–Trinajstić information content (AvgIpc) is 2.48. The predicted molar refractivity (Wildman–Crippen MR) is 76.5 cm³/mol. The minimum atomic E-state index is -4.66. The number of rotatable bonds is 2. The van der Waals surface area contributed by atoms with Gasteiger partial charge >= 0.3 is 6.18 Å². The summed E-state index contributed by atoms with van der Waals surface area (Å²) in [5, 5.41) is 0.875. The van der Waals surface area contributed by atoms with Crippen molar-refractivity contribution in [3.05, 3.63) is 76.3 Å². The van der Waals surface area contributed by atoms with Crippen molar-refractivity contribution in [3.63, 3.8) is 0 Å². The van der Waals surface area contributed by atoms with Crippen molar-refractivity contribution in [1.82, 2.24) is 9.55 Å². The summed E-state index contributed by atoms with van der Waals surface area (Å²) in [5.74, 6) is 0. The SMILES string of the molecule is O=c1c(C(F)(F)F)cccn1Cc1cccc2cccnc12. The van der Waals surface area contributed by atoms with Crippen LogP contribution in [0.15, 0.2) is 59.7 Å². The summed E-state index contributed by atoms with van der Waals surface area (Å²) in [5.41, 5.74) is -0.847. The smallest absolute Gasteiger partial charge is 0.311 e. The van der Waals surface area contributed by atoms with Gasteiger partial charge in [-0.05, 0) is 23.8 Å². The van der Waals surface area contributed by atoms with E-state index in [1.165, 1.54) is 12.3 Å². The first-order chi connectivity index (χ1) is 10.5. The molecule has 3 nitrogen and oxygen atoms in total. The molecule has 0 amide bonds. The Morgan fingerprint density at radius 3 is 2.59 bits per heavy atom. The lowest BCUT2D eigenvalue weighted by molar-refractivity contribution is -0.138. The fourth-order valence-corrected chi connectivity index (χ4v) is 2.36. The molecule has 3 rings (SSSR count). The van der Waals surface area contributed by atoms with Gasteiger partial charge in [-0.3, -0.25) is 9.78 Å². The number of hydrogen-bond donors (Lipinski definition) is 0. The second-order valence-corrected chi connectivity index (χ2v) is 4.84. The van der Waals surface area contributed by atoms with Gasteiger partial charge in [-0.15, -0.1) is 0 Å². The van der Waals surface area contributed by atoms with Crippen molar-refractivity contribution in [2.75, 3.05) is 0 Å². The Morgan fingerprint density at radius 2 is 1.82 bits per heavy atom. The molecule has 2 heterocycles. The minimum Gasteiger partial charge on any atom is -0.311 e. The summed E-state index contributed by atoms with van der Waals surface area (Å²) in [6.45, 7) is 0.0388. The van der Waals surface area contributed by atoms with Crippen molar-refractivity contribution in [2.45, 2.75) is 12.7 Å². The molecule has 0 atom stereocenters. The van der Waals surface area contributed by atoms with E-state index in [4.69, 9.17) is 0 Å². The highest BCUT2D eigenvalue weighted by atomic mass is 19.4. The molecular formula is C16H11F3N2O. The Labute approximate surface area is 123 Å². The van der Waals surface area contributed by atoms with E-state index in [1.807, 2.05) is 12.1 Å². The van der Waals surface area contributed by atoms with E-state index in [-0.39, 0.29) is 6.54 Å². The average molecular weight is 304 g/mol. The van der Waals surface area contributed by atoms with Gasteiger partial charge in [0.05, 0.1) is 12.1 Å². The first kappa shape index (κ1) is 14.3. The first-order valence-electron chi connectivity index (χ1n) is 6.56. The first-order valence-corrected chi connectivity index (χ1v) is 6.56. The molecule has 0 saturated carbocycles. The molecule has 0 N–H and O–H groups in total. The lowest BCUT2D eigenvalue weighted by Crippen LogP contribution is -2.28. The van der Waals surface area contributed by atoms with Crippen LogP contribution in [0.2, 0.25) is 0 Å². The molecule has 6 heteroatoms. The maximum absolute atomic E-state index is 12.8. The number of benzene rings is 1. The van der Waals surface area contributed by atoms with Gasteiger partial charge in [-0.25, -0.2) is 0 Å². The quantitative estimate of drug-likeness (QED) is 0.726. The fraction of sp³-hybridized carbons (Fsp3) is 0.125. The number of halogens is 3. The summed E-state index contributed by atoms with van der Waals surface area (Å²) in [7, 11) is 0. The van der Waals surface area contributed by atoms with Crippen LogP contribution < -0.4 is 5.56 Å². The molecule has 0 aliphatic heterocycles. The highest BCUT2D eigenvalue weighted by molar-refractivity contribution is 5.81. The number of hydrogen-bond acceptors (Lipinski definition) is 2. The molecule has 0 unspecified atom stereocenters. The summed E-state index contributed by atoms with van der Waals surface area (Å²) in [4.78, 5) is 16.2. The molecule has 0 fully saturated rings. The van der Waals surface area contributed by atoms with E-state index in [2.05, 4.69) is 4.98 Å². The Morgan fingerprint density at radius 1 is 1.05 bits per heavy atom. The summed E-state index contributed by atoms with van der Waals surface area (Å²) in [6, 6.07) is 11.1. The zero-order valence-electron chi connectivity index (χ0n) is 11.3. The second kappa shape index (κ2) is 5.29. The molecule has 0 saturated heterocycles. The van der Waals surface area contributed by atoms with Gasteiger partial charge in [0.2, 0.25) is 0 Å². The van der Waals surface area contributed by atoms with E-state index in [1.54, 1.807) is 24.4 Å². The number of alkyl halides is 3. The molecule has 1 aromatic carbocycles. The van der Waals surface area contributed by atoms with Crippen LogP contribution in [0, 0.1) is 0 Å². The molecular weight excluding hydrogens is 293 g/mol. The van der Waals surface area contributed by atoms with E-state index >= 15 is 0 Å². The van der Waals surface area contributed by atoms with Gasteiger partial charge < -0.3 is 4.57 Å². The Kier molecular flexibility index (Phi) is 3.44. The third-order valence-corrected chi connectivity index (χ3v) is 3.38. The third-order valence-electron chi connectivity index (χ3n) is 3.38. The largest absolute Gasteiger partial charge is 0.421 e. The number of pyridine rings is 2.